The molecule has 84 valence electrons. The summed E-state index contributed by atoms with van der Waals surface area (Å²) < 4.78 is 2.74. The molecule has 2 aromatic rings. The predicted molar refractivity (Wildman–Crippen MR) is 67.4 cm³/mol. The maximum atomic E-state index is 5.30. The molecule has 2 rings (SSSR count). The molecule has 0 spiro atoms. The van der Waals surface area contributed by atoms with E-state index in [-0.39, 0.29) is 5.41 Å². The Hall–Kier alpha value is -1.42. The Balaban J connectivity index is 2.66. The number of pyridine rings is 1. The van der Waals surface area contributed by atoms with Crippen molar-refractivity contribution in [3.8, 4) is 5.69 Å². The first-order chi connectivity index (χ1) is 7.50. The molecule has 0 aliphatic heterocycles. The van der Waals surface area contributed by atoms with Crippen LogP contribution < -0.4 is 0 Å². The van der Waals surface area contributed by atoms with Crippen molar-refractivity contribution in [2.75, 3.05) is 0 Å². The van der Waals surface area contributed by atoms with Crippen molar-refractivity contribution < 1.29 is 0 Å². The highest BCUT2D eigenvalue weighted by atomic mass is 32.1. The number of imidazole rings is 1. The van der Waals surface area contributed by atoms with Gasteiger partial charge in [0.2, 0.25) is 0 Å². The molecule has 3 nitrogen and oxygen atoms in total. The fourth-order valence-corrected chi connectivity index (χ4v) is 1.93. The number of hydrogen-bond acceptors (Lipinski definition) is 2. The second kappa shape index (κ2) is 3.87. The molecule has 0 amide bonds. The molecule has 0 saturated heterocycles. The molecule has 0 bridgehead atoms. The summed E-state index contributed by atoms with van der Waals surface area (Å²) >= 11 is 5.30. The number of aromatic nitrogens is 3. The maximum absolute atomic E-state index is 5.30. The molecule has 2 aromatic heterocycles. The van der Waals surface area contributed by atoms with Crippen molar-refractivity contribution in [2.45, 2.75) is 26.2 Å². The smallest absolute Gasteiger partial charge is 0.182 e. The topological polar surface area (TPSA) is 33.6 Å². The Kier molecular flexibility index (Phi) is 2.68. The Bertz CT molecular complexity index is 531. The summed E-state index contributed by atoms with van der Waals surface area (Å²) in [7, 11) is 0. The normalized spacial score (nSPS) is 11.7. The monoisotopic (exact) mass is 233 g/mol. The van der Waals surface area contributed by atoms with Gasteiger partial charge in [-0.15, -0.1) is 0 Å². The standard InChI is InChI=1S/C12H15N3S/c1-12(2,3)10-8-14-11(16)15(10)9-5-4-6-13-7-9/h4-8H,1-3H3,(H,14,16). The fourth-order valence-electron chi connectivity index (χ4n) is 1.66. The largest absolute Gasteiger partial charge is 0.337 e. The third-order valence-electron chi connectivity index (χ3n) is 2.45. The van der Waals surface area contributed by atoms with Crippen LogP contribution in [0.2, 0.25) is 0 Å². The van der Waals surface area contributed by atoms with Crippen LogP contribution in [0.15, 0.2) is 30.7 Å². The summed E-state index contributed by atoms with van der Waals surface area (Å²) in [6.45, 7) is 6.49. The number of nitrogens with one attached hydrogen (secondary N) is 1. The van der Waals surface area contributed by atoms with Crippen LogP contribution in [0.3, 0.4) is 0 Å². The van der Waals surface area contributed by atoms with E-state index in [1.54, 1.807) is 6.20 Å². The van der Waals surface area contributed by atoms with Gasteiger partial charge in [0.1, 0.15) is 0 Å². The molecule has 1 N–H and O–H groups in total. The van der Waals surface area contributed by atoms with Crippen molar-refractivity contribution in [2.24, 2.45) is 0 Å². The van der Waals surface area contributed by atoms with Gasteiger partial charge in [-0.25, -0.2) is 0 Å². The first-order valence-electron chi connectivity index (χ1n) is 5.21. The molecular formula is C12H15N3S. The fraction of sp³-hybridized carbons (Fsp3) is 0.333. The van der Waals surface area contributed by atoms with Gasteiger partial charge in [0.15, 0.2) is 4.77 Å². The minimum absolute atomic E-state index is 0.0450. The molecule has 0 aromatic carbocycles. The van der Waals surface area contributed by atoms with Gasteiger partial charge in [-0.3, -0.25) is 9.55 Å². The van der Waals surface area contributed by atoms with Crippen LogP contribution in [0.4, 0.5) is 0 Å². The lowest BCUT2D eigenvalue weighted by Gasteiger charge is -2.20. The Labute approximate surface area is 100 Å². The van der Waals surface area contributed by atoms with Gasteiger partial charge in [0.05, 0.1) is 11.9 Å². The molecule has 0 unspecified atom stereocenters. The van der Waals surface area contributed by atoms with E-state index in [1.165, 1.54) is 0 Å². The summed E-state index contributed by atoms with van der Waals surface area (Å²) in [6.07, 6.45) is 5.55. The molecule has 2 heterocycles. The minimum Gasteiger partial charge on any atom is -0.337 e. The average molecular weight is 233 g/mol. The number of H-pyrrole nitrogens is 1. The number of hydrogen-bond donors (Lipinski definition) is 1. The Morgan fingerprint density at radius 3 is 2.69 bits per heavy atom. The summed E-state index contributed by atoms with van der Waals surface area (Å²) in [5.41, 5.74) is 2.20. The van der Waals surface area contributed by atoms with Gasteiger partial charge in [0.25, 0.3) is 0 Å². The summed E-state index contributed by atoms with van der Waals surface area (Å²) in [5, 5.41) is 0. The van der Waals surface area contributed by atoms with Gasteiger partial charge >= 0.3 is 0 Å². The molecule has 0 aliphatic carbocycles. The van der Waals surface area contributed by atoms with Crippen LogP contribution in [0.25, 0.3) is 5.69 Å². The second-order valence-electron chi connectivity index (χ2n) is 4.78. The molecular weight excluding hydrogens is 218 g/mol. The zero-order chi connectivity index (χ0) is 11.8. The van der Waals surface area contributed by atoms with E-state index in [4.69, 9.17) is 12.2 Å². The molecule has 0 radical (unpaired) electrons. The van der Waals surface area contributed by atoms with E-state index in [0.29, 0.717) is 4.77 Å². The molecule has 0 aliphatic rings. The van der Waals surface area contributed by atoms with Gasteiger partial charge in [-0.2, -0.15) is 0 Å². The van der Waals surface area contributed by atoms with Crippen LogP contribution >= 0.6 is 12.2 Å². The Morgan fingerprint density at radius 1 is 1.38 bits per heavy atom. The van der Waals surface area contributed by atoms with Crippen LogP contribution in [0, 0.1) is 4.77 Å². The van der Waals surface area contributed by atoms with E-state index in [2.05, 4.69) is 30.7 Å². The third kappa shape index (κ3) is 1.93. The van der Waals surface area contributed by atoms with Gasteiger partial charge in [0, 0.05) is 23.5 Å². The van der Waals surface area contributed by atoms with Crippen molar-refractivity contribution >= 4 is 12.2 Å². The Morgan fingerprint density at radius 2 is 2.12 bits per heavy atom. The quantitative estimate of drug-likeness (QED) is 0.767. The molecule has 0 fully saturated rings. The van der Waals surface area contributed by atoms with E-state index in [1.807, 2.05) is 29.1 Å². The second-order valence-corrected chi connectivity index (χ2v) is 5.16. The maximum Gasteiger partial charge on any atom is 0.182 e. The third-order valence-corrected chi connectivity index (χ3v) is 2.75. The molecule has 16 heavy (non-hydrogen) atoms. The van der Waals surface area contributed by atoms with Crippen LogP contribution in [-0.4, -0.2) is 14.5 Å². The highest BCUT2D eigenvalue weighted by molar-refractivity contribution is 7.71. The minimum atomic E-state index is 0.0450. The average Bonchev–Trinajstić information content (AvgIpc) is 2.61. The summed E-state index contributed by atoms with van der Waals surface area (Å²) in [6, 6.07) is 3.92. The highest BCUT2D eigenvalue weighted by Crippen LogP contribution is 2.24. The number of aromatic amines is 1. The van der Waals surface area contributed by atoms with Crippen molar-refractivity contribution in [3.05, 3.63) is 41.2 Å². The van der Waals surface area contributed by atoms with E-state index in [9.17, 15) is 0 Å². The van der Waals surface area contributed by atoms with E-state index in [0.717, 1.165) is 11.4 Å². The summed E-state index contributed by atoms with van der Waals surface area (Å²) in [4.78, 5) is 7.22. The SMILES string of the molecule is CC(C)(C)c1c[nH]c(=S)n1-c1cccnc1. The first kappa shape index (κ1) is 11.1. The zero-order valence-electron chi connectivity index (χ0n) is 9.69. The van der Waals surface area contributed by atoms with Gasteiger partial charge in [-0.05, 0) is 24.4 Å². The van der Waals surface area contributed by atoms with Crippen LogP contribution in [0.1, 0.15) is 26.5 Å². The van der Waals surface area contributed by atoms with Crippen molar-refractivity contribution in [1.82, 2.24) is 14.5 Å². The predicted octanol–water partition coefficient (Wildman–Crippen LogP) is 3.23. The molecule has 0 saturated carbocycles. The molecule has 4 heteroatoms. The zero-order valence-corrected chi connectivity index (χ0v) is 10.5. The van der Waals surface area contributed by atoms with Crippen LogP contribution in [-0.2, 0) is 5.41 Å². The lowest BCUT2D eigenvalue weighted by molar-refractivity contribution is 0.555. The van der Waals surface area contributed by atoms with Gasteiger partial charge < -0.3 is 4.98 Å². The van der Waals surface area contributed by atoms with E-state index < -0.39 is 0 Å². The first-order valence-corrected chi connectivity index (χ1v) is 5.62. The van der Waals surface area contributed by atoms with Crippen molar-refractivity contribution in [3.63, 3.8) is 0 Å². The summed E-state index contributed by atoms with van der Waals surface area (Å²) in [5.74, 6) is 0. The van der Waals surface area contributed by atoms with Gasteiger partial charge in [-0.1, -0.05) is 20.8 Å². The molecule has 0 atom stereocenters. The number of rotatable bonds is 1. The van der Waals surface area contributed by atoms with E-state index >= 15 is 0 Å². The van der Waals surface area contributed by atoms with Crippen LogP contribution in [0.5, 0.6) is 0 Å². The lowest BCUT2D eigenvalue weighted by Crippen LogP contribution is -2.16. The van der Waals surface area contributed by atoms with Crippen molar-refractivity contribution in [1.29, 1.82) is 0 Å². The lowest BCUT2D eigenvalue weighted by atomic mass is 9.92. The highest BCUT2D eigenvalue weighted by Gasteiger charge is 2.19. The number of nitrogens with zero attached hydrogens (tertiary/aromatic N) is 2.